The number of hydrogen-bond donors (Lipinski definition) is 0. The summed E-state index contributed by atoms with van der Waals surface area (Å²) < 4.78 is 7.15. The Morgan fingerprint density at radius 3 is 1.25 bits per heavy atom. The van der Waals surface area contributed by atoms with E-state index < -0.39 is 0 Å². The number of para-hydroxylation sites is 4. The fraction of sp³-hybridized carbons (Fsp3) is 0. The van der Waals surface area contributed by atoms with Crippen LogP contribution in [0.25, 0.3) is 109 Å². The molecule has 0 aliphatic carbocycles. The summed E-state index contributed by atoms with van der Waals surface area (Å²) in [5.41, 5.74) is 9.68. The van der Waals surface area contributed by atoms with Gasteiger partial charge in [0.2, 0.25) is 0 Å². The average Bonchev–Trinajstić information content (AvgIpc) is 3.94. The van der Waals surface area contributed by atoms with Gasteiger partial charge < -0.3 is 9.13 Å². The van der Waals surface area contributed by atoms with Gasteiger partial charge >= 0.3 is 0 Å². The topological polar surface area (TPSA) is 48.5 Å². The lowest BCUT2D eigenvalue weighted by Crippen LogP contribution is -2.00. The number of benzene rings is 8. The second-order valence-electron chi connectivity index (χ2n) is 14.5. The van der Waals surface area contributed by atoms with E-state index in [9.17, 15) is 0 Å². The van der Waals surface area contributed by atoms with E-state index in [0.29, 0.717) is 17.5 Å². The lowest BCUT2D eigenvalue weighted by atomic mass is 10.1. The van der Waals surface area contributed by atoms with Crippen LogP contribution in [0.2, 0.25) is 0 Å². The molecule has 0 saturated carbocycles. The summed E-state index contributed by atoms with van der Waals surface area (Å²) in [6.45, 7) is 0. The zero-order valence-electron chi connectivity index (χ0n) is 30.5. The molecular formula is C51H31N5S. The molecule has 0 saturated heterocycles. The van der Waals surface area contributed by atoms with Gasteiger partial charge in [0.05, 0.1) is 22.1 Å². The average molecular weight is 746 g/mol. The van der Waals surface area contributed by atoms with E-state index in [0.717, 1.165) is 60.9 Å². The van der Waals surface area contributed by atoms with Gasteiger partial charge in [-0.25, -0.2) is 15.0 Å². The van der Waals surface area contributed by atoms with Gasteiger partial charge in [-0.05, 0) is 84.9 Å². The highest BCUT2D eigenvalue weighted by Gasteiger charge is 2.19. The Morgan fingerprint density at radius 1 is 0.298 bits per heavy atom. The number of aromatic nitrogens is 5. The van der Waals surface area contributed by atoms with Crippen molar-refractivity contribution in [3.8, 4) is 45.5 Å². The smallest absolute Gasteiger partial charge is 0.164 e. The molecule has 0 fully saturated rings. The van der Waals surface area contributed by atoms with Crippen LogP contribution in [0.15, 0.2) is 188 Å². The predicted molar refractivity (Wildman–Crippen MR) is 238 cm³/mol. The van der Waals surface area contributed by atoms with E-state index >= 15 is 0 Å². The van der Waals surface area contributed by atoms with Gasteiger partial charge in [-0.15, -0.1) is 11.3 Å². The van der Waals surface area contributed by atoms with Crippen molar-refractivity contribution in [2.75, 3.05) is 0 Å². The first-order chi connectivity index (χ1) is 28.2. The molecule has 12 rings (SSSR count). The second-order valence-corrected chi connectivity index (χ2v) is 15.5. The minimum Gasteiger partial charge on any atom is -0.309 e. The normalized spacial score (nSPS) is 11.9. The molecule has 0 radical (unpaired) electrons. The Bertz CT molecular complexity index is 3350. The lowest BCUT2D eigenvalue weighted by Gasteiger charge is -2.10. The van der Waals surface area contributed by atoms with Crippen LogP contribution in [0.1, 0.15) is 0 Å². The van der Waals surface area contributed by atoms with E-state index in [1.807, 2.05) is 0 Å². The molecule has 0 N–H and O–H groups in total. The van der Waals surface area contributed by atoms with Gasteiger partial charge in [-0.1, -0.05) is 103 Å². The van der Waals surface area contributed by atoms with Crippen LogP contribution < -0.4 is 0 Å². The molecule has 8 aromatic carbocycles. The third kappa shape index (κ3) is 5.04. The monoisotopic (exact) mass is 745 g/mol. The zero-order valence-corrected chi connectivity index (χ0v) is 31.4. The van der Waals surface area contributed by atoms with E-state index in [1.165, 1.54) is 30.9 Å². The highest BCUT2D eigenvalue weighted by Crippen LogP contribution is 2.39. The molecule has 266 valence electrons. The fourth-order valence-corrected chi connectivity index (χ4v) is 9.71. The molecule has 5 nitrogen and oxygen atoms in total. The predicted octanol–water partition coefficient (Wildman–Crippen LogP) is 13.4. The summed E-state index contributed by atoms with van der Waals surface area (Å²) in [6.07, 6.45) is 0. The fourth-order valence-electron chi connectivity index (χ4n) is 8.56. The minimum absolute atomic E-state index is 0.636. The molecule has 57 heavy (non-hydrogen) atoms. The van der Waals surface area contributed by atoms with Gasteiger partial charge in [0.15, 0.2) is 17.5 Å². The van der Waals surface area contributed by atoms with E-state index in [4.69, 9.17) is 15.0 Å². The Labute approximate surface area is 331 Å². The first-order valence-electron chi connectivity index (χ1n) is 19.1. The number of hydrogen-bond acceptors (Lipinski definition) is 4. The van der Waals surface area contributed by atoms with Crippen LogP contribution in [-0.2, 0) is 0 Å². The molecular weight excluding hydrogens is 715 g/mol. The maximum Gasteiger partial charge on any atom is 0.164 e. The van der Waals surface area contributed by atoms with E-state index in [-0.39, 0.29) is 0 Å². The van der Waals surface area contributed by atoms with Gasteiger partial charge in [-0.3, -0.25) is 0 Å². The Hall–Kier alpha value is -7.41. The van der Waals surface area contributed by atoms with Gasteiger partial charge in [-0.2, -0.15) is 0 Å². The third-order valence-electron chi connectivity index (χ3n) is 11.2. The van der Waals surface area contributed by atoms with Gasteiger partial charge in [0.25, 0.3) is 0 Å². The maximum atomic E-state index is 5.27. The molecule has 4 aromatic heterocycles. The van der Waals surface area contributed by atoms with Gasteiger partial charge in [0, 0.05) is 69.8 Å². The standard InChI is InChI=1S/C51H31N5S/c1-3-13-35(14-4-1)55-43-20-10-7-17-37(43)41-29-32(24-27-45(41)55)49-52-50(54-51(53-49)34-23-26-40-39-19-9-12-22-47(39)57-48(40)31-34)33-25-28-46-42(30-33)38-18-8-11-21-44(38)56(46)36-15-5-2-6-16-36/h1-31H. The molecule has 0 amide bonds. The lowest BCUT2D eigenvalue weighted by molar-refractivity contribution is 1.08. The van der Waals surface area contributed by atoms with Crippen molar-refractivity contribution < 1.29 is 0 Å². The third-order valence-corrected chi connectivity index (χ3v) is 12.3. The molecule has 0 spiro atoms. The molecule has 0 unspecified atom stereocenters. The number of nitrogens with zero attached hydrogens (tertiary/aromatic N) is 5. The van der Waals surface area contributed by atoms with Crippen molar-refractivity contribution in [1.82, 2.24) is 24.1 Å². The van der Waals surface area contributed by atoms with Crippen LogP contribution in [0, 0.1) is 0 Å². The molecule has 0 aliphatic heterocycles. The van der Waals surface area contributed by atoms with Crippen molar-refractivity contribution >= 4 is 75.1 Å². The van der Waals surface area contributed by atoms with Crippen LogP contribution >= 0.6 is 11.3 Å². The number of rotatable bonds is 5. The van der Waals surface area contributed by atoms with Crippen molar-refractivity contribution in [2.45, 2.75) is 0 Å². The zero-order chi connectivity index (χ0) is 37.5. The van der Waals surface area contributed by atoms with Crippen LogP contribution in [0.5, 0.6) is 0 Å². The van der Waals surface area contributed by atoms with Crippen molar-refractivity contribution in [3.63, 3.8) is 0 Å². The summed E-state index contributed by atoms with van der Waals surface area (Å²) in [5, 5.41) is 7.18. The van der Waals surface area contributed by atoms with Gasteiger partial charge in [0.1, 0.15) is 0 Å². The summed E-state index contributed by atoms with van der Waals surface area (Å²) in [4.78, 5) is 15.7. The Morgan fingerprint density at radius 2 is 0.702 bits per heavy atom. The number of thiophene rings is 1. The van der Waals surface area contributed by atoms with Crippen molar-refractivity contribution in [1.29, 1.82) is 0 Å². The molecule has 0 bridgehead atoms. The molecule has 0 aliphatic rings. The summed E-state index contributed by atoms with van der Waals surface area (Å²) in [5.74, 6) is 1.92. The summed E-state index contributed by atoms with van der Waals surface area (Å²) in [6, 6.07) is 66.7. The molecule has 4 heterocycles. The van der Waals surface area contributed by atoms with Crippen molar-refractivity contribution in [3.05, 3.63) is 188 Å². The molecule has 0 atom stereocenters. The minimum atomic E-state index is 0.636. The van der Waals surface area contributed by atoms with Crippen molar-refractivity contribution in [2.24, 2.45) is 0 Å². The molecule has 12 aromatic rings. The van der Waals surface area contributed by atoms with Crippen LogP contribution in [0.3, 0.4) is 0 Å². The number of fused-ring (bicyclic) bond motifs is 9. The van der Waals surface area contributed by atoms with Crippen LogP contribution in [0.4, 0.5) is 0 Å². The Balaban J connectivity index is 1.08. The first kappa shape index (κ1) is 31.9. The highest BCUT2D eigenvalue weighted by molar-refractivity contribution is 7.25. The maximum absolute atomic E-state index is 5.27. The van der Waals surface area contributed by atoms with Crippen LogP contribution in [-0.4, -0.2) is 24.1 Å². The Kier molecular flexibility index (Phi) is 7.03. The quantitative estimate of drug-likeness (QED) is 0.176. The summed E-state index contributed by atoms with van der Waals surface area (Å²) >= 11 is 1.80. The summed E-state index contributed by atoms with van der Waals surface area (Å²) in [7, 11) is 0. The second kappa shape index (κ2) is 12.6. The molecule has 6 heteroatoms. The van der Waals surface area contributed by atoms with E-state index in [2.05, 4.69) is 197 Å². The highest BCUT2D eigenvalue weighted by atomic mass is 32.1. The van der Waals surface area contributed by atoms with E-state index in [1.54, 1.807) is 11.3 Å². The SMILES string of the molecule is c1ccc(-n2c3ccccc3c3cc(-c4nc(-c5ccc6c(c5)sc5ccccc56)nc(-c5ccc6c(c5)c5ccccc5n6-c5ccccc5)n4)ccc32)cc1. The first-order valence-corrected chi connectivity index (χ1v) is 19.9. The largest absolute Gasteiger partial charge is 0.309 e.